The van der Waals surface area contributed by atoms with Crippen LogP contribution in [0.3, 0.4) is 0 Å². The van der Waals surface area contributed by atoms with E-state index in [1.54, 1.807) is 12.1 Å². The molecule has 2 aromatic rings. The normalized spacial score (nSPS) is 20.4. The number of ether oxygens (including phenoxy) is 2. The van der Waals surface area contributed by atoms with Crippen molar-refractivity contribution in [1.82, 2.24) is 19.6 Å². The molecule has 0 bridgehead atoms. The smallest absolute Gasteiger partial charge is 0.311 e. The third-order valence-electron chi connectivity index (χ3n) is 10.2. The van der Waals surface area contributed by atoms with E-state index in [4.69, 9.17) is 4.74 Å². The number of likely N-dealkylation sites (N-methyl/N-ethyl adjacent to an activating group) is 2. The lowest BCUT2D eigenvalue weighted by atomic mass is 9.94. The Kier molecular flexibility index (Phi) is 14.8. The van der Waals surface area contributed by atoms with Crippen molar-refractivity contribution in [2.75, 3.05) is 98.7 Å². The maximum Gasteiger partial charge on any atom is 0.311 e. The van der Waals surface area contributed by atoms with Crippen molar-refractivity contribution in [3.05, 3.63) is 62.4 Å². The maximum absolute atomic E-state index is 12.5. The van der Waals surface area contributed by atoms with Gasteiger partial charge < -0.3 is 24.2 Å². The van der Waals surface area contributed by atoms with Gasteiger partial charge in [0.2, 0.25) is 0 Å². The van der Waals surface area contributed by atoms with Crippen molar-refractivity contribution >= 4 is 17.1 Å². The molecule has 0 aromatic heterocycles. The summed E-state index contributed by atoms with van der Waals surface area (Å²) in [6.45, 7) is 11.8. The molecule has 0 amide bonds. The van der Waals surface area contributed by atoms with E-state index in [-0.39, 0.29) is 17.1 Å². The summed E-state index contributed by atoms with van der Waals surface area (Å²) in [7, 11) is 7.15. The molecule has 0 atom stereocenters. The van der Waals surface area contributed by atoms with Crippen LogP contribution < -0.4 is 14.4 Å². The van der Waals surface area contributed by atoms with E-state index >= 15 is 0 Å². The first-order chi connectivity index (χ1) is 23.6. The van der Waals surface area contributed by atoms with Crippen molar-refractivity contribution in [1.29, 1.82) is 0 Å². The maximum atomic E-state index is 12.5. The van der Waals surface area contributed by atoms with Crippen molar-refractivity contribution in [2.45, 2.75) is 57.0 Å². The first-order valence-corrected chi connectivity index (χ1v) is 17.5. The number of halogens is 1. The summed E-state index contributed by atoms with van der Waals surface area (Å²) in [6.07, 6.45) is 9.62. The van der Waals surface area contributed by atoms with E-state index in [2.05, 4.69) is 43.3 Å². The highest BCUT2D eigenvalue weighted by Crippen LogP contribution is 2.33. The van der Waals surface area contributed by atoms with Crippen LogP contribution in [0.5, 0.6) is 11.5 Å². The summed E-state index contributed by atoms with van der Waals surface area (Å²) in [5.74, 6) is -0.295. The van der Waals surface area contributed by atoms with Crippen molar-refractivity contribution in [3.63, 3.8) is 0 Å². The summed E-state index contributed by atoms with van der Waals surface area (Å²) >= 11 is 0. The van der Waals surface area contributed by atoms with Crippen LogP contribution in [0.25, 0.3) is 0 Å². The minimum atomic E-state index is -0.627. The Morgan fingerprint density at radius 1 is 0.633 bits per heavy atom. The van der Waals surface area contributed by atoms with E-state index in [1.165, 1.54) is 72.5 Å². The molecule has 3 heterocycles. The van der Waals surface area contributed by atoms with Crippen LogP contribution in [-0.2, 0) is 0 Å². The van der Waals surface area contributed by atoms with E-state index in [1.807, 2.05) is 6.07 Å². The van der Waals surface area contributed by atoms with Crippen LogP contribution in [0.2, 0.25) is 0 Å². The highest BCUT2D eigenvalue weighted by molar-refractivity contribution is 5.59. The van der Waals surface area contributed by atoms with Gasteiger partial charge >= 0.3 is 11.4 Å². The molecule has 2 aromatic carbocycles. The Bertz CT molecular complexity index is 1340. The number of benzene rings is 2. The molecule has 1 aliphatic carbocycles. The minimum Gasteiger partial charge on any atom is -0.490 e. The van der Waals surface area contributed by atoms with Gasteiger partial charge in [0.15, 0.2) is 11.5 Å². The quantitative estimate of drug-likeness (QED) is 0.285. The average molecular weight is 688 g/mol. The second-order valence-corrected chi connectivity index (χ2v) is 13.4. The number of nitro benzene ring substituents is 2. The predicted molar refractivity (Wildman–Crippen MR) is 190 cm³/mol. The van der Waals surface area contributed by atoms with Gasteiger partial charge in [0.1, 0.15) is 5.82 Å². The van der Waals surface area contributed by atoms with Crippen LogP contribution in [0.4, 0.5) is 21.5 Å². The fraction of sp³-hybridized carbons (Fsp3) is 0.657. The number of piperazine rings is 2. The molecule has 14 heteroatoms. The van der Waals surface area contributed by atoms with Crippen molar-refractivity contribution in [3.8, 4) is 11.5 Å². The Balaban J connectivity index is 0.000000182. The second-order valence-electron chi connectivity index (χ2n) is 13.4. The molecule has 49 heavy (non-hydrogen) atoms. The Hall–Kier alpha value is -3.59. The first kappa shape index (κ1) is 38.2. The largest absolute Gasteiger partial charge is 0.490 e. The Labute approximate surface area is 289 Å². The Morgan fingerprint density at radius 2 is 1.08 bits per heavy atom. The Morgan fingerprint density at radius 3 is 1.55 bits per heavy atom. The predicted octanol–water partition coefficient (Wildman–Crippen LogP) is 5.13. The monoisotopic (exact) mass is 687 g/mol. The van der Waals surface area contributed by atoms with Gasteiger partial charge in [-0.2, -0.15) is 0 Å². The molecule has 4 aliphatic rings. The van der Waals surface area contributed by atoms with Crippen LogP contribution >= 0.6 is 0 Å². The van der Waals surface area contributed by atoms with Crippen LogP contribution in [-0.4, -0.2) is 135 Å². The molecular formula is C35H54FN7O6. The van der Waals surface area contributed by atoms with Gasteiger partial charge in [-0.15, -0.1) is 0 Å². The van der Waals surface area contributed by atoms with Crippen molar-refractivity contribution < 1.29 is 23.7 Å². The summed E-state index contributed by atoms with van der Waals surface area (Å²) < 4.78 is 22.3. The number of methoxy groups -OCH3 is 2. The average Bonchev–Trinajstić information content (AvgIpc) is 3.12. The van der Waals surface area contributed by atoms with E-state index in [9.17, 15) is 24.6 Å². The fourth-order valence-electron chi connectivity index (χ4n) is 7.13. The standard InChI is InChI=1S/C17H26N4O3.C11H22N2.C7H6FNO3/c1-18-9-11-20(12-10-18)14-5-7-19(8-6-14)15-3-4-16(21(22)23)17(13-15)24-2;1-12-7-9-13(10-8-12)11-5-3-2-4-6-11;1-12-7-4-5(8)2-3-6(7)9(10)11/h3-4,13-14H,5-12H2,1-2H3;11H,2-10H2,1H3;2-4H,1H3. The molecule has 0 unspecified atom stereocenters. The third-order valence-corrected chi connectivity index (χ3v) is 10.2. The van der Waals surface area contributed by atoms with E-state index in [0.29, 0.717) is 11.8 Å². The zero-order valence-electron chi connectivity index (χ0n) is 29.6. The molecule has 4 fully saturated rings. The fourth-order valence-corrected chi connectivity index (χ4v) is 7.13. The zero-order chi connectivity index (χ0) is 35.3. The van der Waals surface area contributed by atoms with Gasteiger partial charge in [0, 0.05) is 107 Å². The lowest BCUT2D eigenvalue weighted by molar-refractivity contribution is -0.385. The highest BCUT2D eigenvalue weighted by atomic mass is 19.1. The molecule has 0 N–H and O–H groups in total. The summed E-state index contributed by atoms with van der Waals surface area (Å²) in [6, 6.07) is 9.80. The van der Waals surface area contributed by atoms with Gasteiger partial charge in [-0.05, 0) is 51.9 Å². The lowest BCUT2D eigenvalue weighted by Gasteiger charge is -2.42. The third kappa shape index (κ3) is 11.2. The van der Waals surface area contributed by atoms with Gasteiger partial charge in [-0.25, -0.2) is 4.39 Å². The molecule has 3 aliphatic heterocycles. The summed E-state index contributed by atoms with van der Waals surface area (Å²) in [5.41, 5.74) is 0.793. The molecular weight excluding hydrogens is 633 g/mol. The van der Waals surface area contributed by atoms with Gasteiger partial charge in [0.25, 0.3) is 0 Å². The number of nitro groups is 2. The van der Waals surface area contributed by atoms with Crippen LogP contribution in [0.15, 0.2) is 36.4 Å². The molecule has 0 radical (unpaired) electrons. The minimum absolute atomic E-state index is 0.0218. The molecule has 13 nitrogen and oxygen atoms in total. The first-order valence-electron chi connectivity index (χ1n) is 17.5. The second kappa shape index (κ2) is 19.0. The van der Waals surface area contributed by atoms with Gasteiger partial charge in [-0.3, -0.25) is 30.0 Å². The number of anilines is 1. The molecule has 3 saturated heterocycles. The number of rotatable bonds is 7. The topological polar surface area (TPSA) is 121 Å². The van der Waals surface area contributed by atoms with E-state index < -0.39 is 15.7 Å². The van der Waals surface area contributed by atoms with Gasteiger partial charge in [0.05, 0.1) is 24.1 Å². The van der Waals surface area contributed by atoms with Gasteiger partial charge in [-0.1, -0.05) is 19.3 Å². The summed E-state index contributed by atoms with van der Waals surface area (Å²) in [5, 5.41) is 21.3. The van der Waals surface area contributed by atoms with E-state index in [0.717, 1.165) is 82.0 Å². The SMILES string of the molecule is CN1CCN(C2CCCCC2)CC1.COc1cc(F)ccc1[N+](=O)[O-].COc1cc(N2CCC(N3CCN(C)CC3)CC2)ccc1[N+](=O)[O-]. The van der Waals surface area contributed by atoms with Crippen LogP contribution in [0.1, 0.15) is 44.9 Å². The number of nitrogens with zero attached hydrogens (tertiary/aromatic N) is 7. The zero-order valence-corrected chi connectivity index (χ0v) is 29.6. The molecule has 6 rings (SSSR count). The molecule has 272 valence electrons. The van der Waals surface area contributed by atoms with Crippen LogP contribution in [0, 0.1) is 26.0 Å². The number of piperidine rings is 1. The number of hydrogen-bond acceptors (Lipinski definition) is 11. The summed E-state index contributed by atoms with van der Waals surface area (Å²) in [4.78, 5) is 32.8. The number of hydrogen-bond donors (Lipinski definition) is 0. The highest BCUT2D eigenvalue weighted by Gasteiger charge is 2.28. The molecule has 1 saturated carbocycles. The lowest BCUT2D eigenvalue weighted by Crippen LogP contribution is -2.52. The molecule has 0 spiro atoms. The van der Waals surface area contributed by atoms with Crippen molar-refractivity contribution in [2.24, 2.45) is 0 Å².